The van der Waals surface area contributed by atoms with Gasteiger partial charge in [-0.3, -0.25) is 0 Å². The molecule has 0 aromatic rings. The normalized spacial score (nSPS) is 12.2. The van der Waals surface area contributed by atoms with E-state index in [0.29, 0.717) is 0 Å². The van der Waals surface area contributed by atoms with Crippen molar-refractivity contribution in [2.45, 2.75) is 40.0 Å². The molecule has 0 nitrogen and oxygen atoms in total. The van der Waals surface area contributed by atoms with Crippen LogP contribution in [0.1, 0.15) is 40.0 Å². The third-order valence-electron chi connectivity index (χ3n) is 1.75. The maximum absolute atomic E-state index is 3.67. The average molecular weight is 152 g/mol. The molecular weight excluding hydrogens is 132 g/mol. The smallest absolute Gasteiger partial charge is 0.0320 e. The summed E-state index contributed by atoms with van der Waals surface area (Å²) in [5.41, 5.74) is 1.45. The van der Waals surface area contributed by atoms with E-state index in [9.17, 15) is 0 Å². The Balaban J connectivity index is 3.38. The summed E-state index contributed by atoms with van der Waals surface area (Å²) in [5, 5.41) is 0. The molecule has 0 heterocycles. The molecule has 0 aliphatic rings. The first-order valence-electron chi connectivity index (χ1n) is 4.45. The summed E-state index contributed by atoms with van der Waals surface area (Å²) in [6, 6.07) is 0. The highest BCUT2D eigenvalue weighted by Crippen LogP contribution is 2.11. The summed E-state index contributed by atoms with van der Waals surface area (Å²) in [6.07, 6.45) is 7.84. The fraction of sp³-hybridized carbons (Fsp3) is 0.636. The SMILES string of the molecule is C=CC=C(C)CCCC(C)C. The first-order valence-corrected chi connectivity index (χ1v) is 4.45. The fourth-order valence-corrected chi connectivity index (χ4v) is 1.07. The van der Waals surface area contributed by atoms with Gasteiger partial charge in [-0.15, -0.1) is 0 Å². The third kappa shape index (κ3) is 7.38. The summed E-state index contributed by atoms with van der Waals surface area (Å²) >= 11 is 0. The highest BCUT2D eigenvalue weighted by molar-refractivity contribution is 5.07. The van der Waals surface area contributed by atoms with E-state index in [4.69, 9.17) is 0 Å². The zero-order valence-corrected chi connectivity index (χ0v) is 8.06. The molecular formula is C11H20. The minimum absolute atomic E-state index is 0.839. The molecule has 0 spiro atoms. The van der Waals surface area contributed by atoms with Gasteiger partial charge < -0.3 is 0 Å². The van der Waals surface area contributed by atoms with Crippen LogP contribution in [0.2, 0.25) is 0 Å². The molecule has 0 amide bonds. The largest absolute Gasteiger partial charge is 0.0991 e. The highest BCUT2D eigenvalue weighted by Gasteiger charge is 1.93. The second kappa shape index (κ2) is 6.21. The summed E-state index contributed by atoms with van der Waals surface area (Å²) in [6.45, 7) is 10.4. The van der Waals surface area contributed by atoms with Crippen LogP contribution in [0.3, 0.4) is 0 Å². The van der Waals surface area contributed by atoms with Crippen LogP contribution in [0.25, 0.3) is 0 Å². The van der Waals surface area contributed by atoms with Crippen LogP contribution < -0.4 is 0 Å². The van der Waals surface area contributed by atoms with Crippen LogP contribution in [-0.4, -0.2) is 0 Å². The molecule has 0 aromatic carbocycles. The standard InChI is InChI=1S/C11H20/c1-5-7-11(4)9-6-8-10(2)3/h5,7,10H,1,6,8-9H2,2-4H3. The maximum atomic E-state index is 3.67. The highest BCUT2D eigenvalue weighted by atomic mass is 14.0. The molecule has 0 N–H and O–H groups in total. The molecule has 0 atom stereocenters. The lowest BCUT2D eigenvalue weighted by molar-refractivity contribution is 0.555. The fourth-order valence-electron chi connectivity index (χ4n) is 1.07. The quantitative estimate of drug-likeness (QED) is 0.523. The second-order valence-corrected chi connectivity index (χ2v) is 3.53. The van der Waals surface area contributed by atoms with Crippen molar-refractivity contribution in [1.29, 1.82) is 0 Å². The van der Waals surface area contributed by atoms with Gasteiger partial charge in [0.2, 0.25) is 0 Å². The van der Waals surface area contributed by atoms with E-state index in [1.165, 1.54) is 24.8 Å². The van der Waals surface area contributed by atoms with Gasteiger partial charge >= 0.3 is 0 Å². The van der Waals surface area contributed by atoms with Gasteiger partial charge in [-0.25, -0.2) is 0 Å². The monoisotopic (exact) mass is 152 g/mol. The topological polar surface area (TPSA) is 0 Å². The molecule has 11 heavy (non-hydrogen) atoms. The van der Waals surface area contributed by atoms with Gasteiger partial charge in [-0.2, -0.15) is 0 Å². The van der Waals surface area contributed by atoms with Gasteiger partial charge in [0.1, 0.15) is 0 Å². The van der Waals surface area contributed by atoms with E-state index in [0.717, 1.165) is 5.92 Å². The lowest BCUT2D eigenvalue weighted by Crippen LogP contribution is -1.87. The molecule has 0 aliphatic heterocycles. The molecule has 64 valence electrons. The third-order valence-corrected chi connectivity index (χ3v) is 1.75. The zero-order valence-electron chi connectivity index (χ0n) is 8.06. The molecule has 0 fully saturated rings. The molecule has 0 saturated heterocycles. The summed E-state index contributed by atoms with van der Waals surface area (Å²) in [4.78, 5) is 0. The Labute approximate surface area is 71.0 Å². The van der Waals surface area contributed by atoms with E-state index in [-0.39, 0.29) is 0 Å². The van der Waals surface area contributed by atoms with Gasteiger partial charge in [0, 0.05) is 0 Å². The van der Waals surface area contributed by atoms with Crippen molar-refractivity contribution in [2.75, 3.05) is 0 Å². The van der Waals surface area contributed by atoms with Crippen molar-refractivity contribution in [3.8, 4) is 0 Å². The Bertz CT molecular complexity index is 129. The number of rotatable bonds is 5. The van der Waals surface area contributed by atoms with Gasteiger partial charge in [0.25, 0.3) is 0 Å². The van der Waals surface area contributed by atoms with E-state index >= 15 is 0 Å². The van der Waals surface area contributed by atoms with Crippen molar-refractivity contribution < 1.29 is 0 Å². The maximum Gasteiger partial charge on any atom is -0.0320 e. The van der Waals surface area contributed by atoms with Crippen molar-refractivity contribution in [3.05, 3.63) is 24.3 Å². The molecule has 0 bridgehead atoms. The van der Waals surface area contributed by atoms with Gasteiger partial charge in [0.05, 0.1) is 0 Å². The molecule has 0 unspecified atom stereocenters. The summed E-state index contributed by atoms with van der Waals surface area (Å²) in [5.74, 6) is 0.839. The van der Waals surface area contributed by atoms with Crippen molar-refractivity contribution >= 4 is 0 Å². The van der Waals surface area contributed by atoms with E-state index in [2.05, 4.69) is 33.4 Å². The Kier molecular flexibility index (Phi) is 5.91. The van der Waals surface area contributed by atoms with Crippen LogP contribution in [0, 0.1) is 5.92 Å². The predicted molar refractivity (Wildman–Crippen MR) is 52.6 cm³/mol. The lowest BCUT2D eigenvalue weighted by Gasteiger charge is -2.03. The number of hydrogen-bond acceptors (Lipinski definition) is 0. The predicted octanol–water partition coefficient (Wildman–Crippen LogP) is 3.95. The van der Waals surface area contributed by atoms with Gasteiger partial charge in [0.15, 0.2) is 0 Å². The first kappa shape index (κ1) is 10.5. The van der Waals surface area contributed by atoms with Crippen LogP contribution in [-0.2, 0) is 0 Å². The summed E-state index contributed by atoms with van der Waals surface area (Å²) < 4.78 is 0. The van der Waals surface area contributed by atoms with Crippen molar-refractivity contribution in [1.82, 2.24) is 0 Å². The Morgan fingerprint density at radius 1 is 1.45 bits per heavy atom. The molecule has 0 aromatic heterocycles. The Morgan fingerprint density at radius 2 is 2.09 bits per heavy atom. The van der Waals surface area contributed by atoms with Crippen LogP contribution in [0.5, 0.6) is 0 Å². The van der Waals surface area contributed by atoms with E-state index in [1.54, 1.807) is 0 Å². The molecule has 0 heteroatoms. The van der Waals surface area contributed by atoms with Crippen molar-refractivity contribution in [2.24, 2.45) is 5.92 Å². The van der Waals surface area contributed by atoms with E-state index in [1.807, 2.05) is 6.08 Å². The zero-order chi connectivity index (χ0) is 8.69. The minimum atomic E-state index is 0.839. The number of allylic oxidation sites excluding steroid dienone is 3. The van der Waals surface area contributed by atoms with Crippen LogP contribution >= 0.6 is 0 Å². The van der Waals surface area contributed by atoms with Crippen LogP contribution in [0.15, 0.2) is 24.3 Å². The first-order chi connectivity index (χ1) is 5.16. The molecule has 0 rings (SSSR count). The summed E-state index contributed by atoms with van der Waals surface area (Å²) in [7, 11) is 0. The van der Waals surface area contributed by atoms with Crippen LogP contribution in [0.4, 0.5) is 0 Å². The number of hydrogen-bond donors (Lipinski definition) is 0. The second-order valence-electron chi connectivity index (χ2n) is 3.53. The average Bonchev–Trinajstić information content (AvgIpc) is 1.87. The Morgan fingerprint density at radius 3 is 2.55 bits per heavy atom. The molecule has 0 saturated carbocycles. The van der Waals surface area contributed by atoms with Gasteiger partial charge in [-0.05, 0) is 25.7 Å². The Hall–Kier alpha value is -0.520. The minimum Gasteiger partial charge on any atom is -0.0991 e. The molecule has 0 radical (unpaired) electrons. The van der Waals surface area contributed by atoms with E-state index < -0.39 is 0 Å². The lowest BCUT2D eigenvalue weighted by atomic mass is 10.0. The molecule has 0 aliphatic carbocycles. The van der Waals surface area contributed by atoms with Gasteiger partial charge in [-0.1, -0.05) is 44.6 Å². The van der Waals surface area contributed by atoms with Crippen molar-refractivity contribution in [3.63, 3.8) is 0 Å².